The molecule has 0 bridgehead atoms. The molecule has 25 heavy (non-hydrogen) atoms. The molecule has 0 atom stereocenters. The van der Waals surface area contributed by atoms with Gasteiger partial charge in [0, 0.05) is 25.6 Å². The van der Waals surface area contributed by atoms with Gasteiger partial charge in [0.15, 0.2) is 0 Å². The summed E-state index contributed by atoms with van der Waals surface area (Å²) in [6.07, 6.45) is 6.49. The molecule has 1 heterocycles. The van der Waals surface area contributed by atoms with Gasteiger partial charge in [-0.05, 0) is 43.8 Å². The van der Waals surface area contributed by atoms with Crippen LogP contribution >= 0.6 is 0 Å². The maximum atomic E-state index is 11.3. The Kier molecular flexibility index (Phi) is 7.19. The van der Waals surface area contributed by atoms with E-state index >= 15 is 0 Å². The molecule has 2 rings (SSSR count). The second-order valence-corrected chi connectivity index (χ2v) is 6.28. The maximum absolute atomic E-state index is 11.3. The highest BCUT2D eigenvalue weighted by Crippen LogP contribution is 2.20. The first-order valence-electron chi connectivity index (χ1n) is 9.02. The van der Waals surface area contributed by atoms with Crippen LogP contribution in [0.2, 0.25) is 0 Å². The lowest BCUT2D eigenvalue weighted by Crippen LogP contribution is -2.23. The van der Waals surface area contributed by atoms with Crippen molar-refractivity contribution in [2.45, 2.75) is 39.7 Å². The SMILES string of the molecule is CCCCc1nc2cc(/C=C/C(=O)OC)ccc2n1CCN(C)CC. The van der Waals surface area contributed by atoms with Gasteiger partial charge in [0.05, 0.1) is 18.1 Å². The molecule has 0 spiro atoms. The van der Waals surface area contributed by atoms with Crippen molar-refractivity contribution in [3.05, 3.63) is 35.7 Å². The molecular formula is C20H29N3O2. The Bertz CT molecular complexity index is 734. The van der Waals surface area contributed by atoms with Crippen molar-refractivity contribution in [2.24, 2.45) is 0 Å². The number of aryl methyl sites for hydroxylation is 1. The van der Waals surface area contributed by atoms with Crippen molar-refractivity contribution in [3.8, 4) is 0 Å². The fourth-order valence-electron chi connectivity index (χ4n) is 2.74. The number of esters is 1. The molecule has 0 saturated carbocycles. The van der Waals surface area contributed by atoms with Gasteiger partial charge < -0.3 is 14.2 Å². The highest BCUT2D eigenvalue weighted by molar-refractivity contribution is 5.88. The maximum Gasteiger partial charge on any atom is 0.330 e. The molecule has 136 valence electrons. The van der Waals surface area contributed by atoms with Gasteiger partial charge in [0.1, 0.15) is 5.82 Å². The predicted molar refractivity (Wildman–Crippen MR) is 103 cm³/mol. The third kappa shape index (κ3) is 5.16. The molecular weight excluding hydrogens is 314 g/mol. The molecule has 0 aliphatic rings. The molecule has 5 heteroatoms. The second kappa shape index (κ2) is 9.37. The zero-order chi connectivity index (χ0) is 18.2. The normalized spacial score (nSPS) is 11.7. The number of benzene rings is 1. The van der Waals surface area contributed by atoms with E-state index in [1.165, 1.54) is 13.2 Å². The fraction of sp³-hybridized carbons (Fsp3) is 0.500. The topological polar surface area (TPSA) is 47.4 Å². The highest BCUT2D eigenvalue weighted by atomic mass is 16.5. The number of nitrogens with zero attached hydrogens (tertiary/aromatic N) is 3. The third-order valence-electron chi connectivity index (χ3n) is 4.46. The fourth-order valence-corrected chi connectivity index (χ4v) is 2.74. The summed E-state index contributed by atoms with van der Waals surface area (Å²) in [4.78, 5) is 18.4. The highest BCUT2D eigenvalue weighted by Gasteiger charge is 2.11. The molecule has 0 radical (unpaired) electrons. The van der Waals surface area contributed by atoms with Gasteiger partial charge in [-0.1, -0.05) is 26.3 Å². The van der Waals surface area contributed by atoms with E-state index in [0.717, 1.165) is 61.3 Å². The Labute approximate surface area is 150 Å². The van der Waals surface area contributed by atoms with E-state index in [9.17, 15) is 4.79 Å². The number of unbranched alkanes of at least 4 members (excludes halogenated alkanes) is 1. The minimum absolute atomic E-state index is 0.350. The van der Waals surface area contributed by atoms with Gasteiger partial charge in [-0.2, -0.15) is 0 Å². The molecule has 0 amide bonds. The zero-order valence-corrected chi connectivity index (χ0v) is 15.8. The lowest BCUT2D eigenvalue weighted by Gasteiger charge is -2.16. The Morgan fingerprint density at radius 3 is 2.84 bits per heavy atom. The minimum Gasteiger partial charge on any atom is -0.466 e. The van der Waals surface area contributed by atoms with Gasteiger partial charge in [-0.25, -0.2) is 9.78 Å². The second-order valence-electron chi connectivity index (χ2n) is 6.28. The van der Waals surface area contributed by atoms with Crippen molar-refractivity contribution in [1.82, 2.24) is 14.5 Å². The van der Waals surface area contributed by atoms with Gasteiger partial charge >= 0.3 is 5.97 Å². The monoisotopic (exact) mass is 343 g/mol. The smallest absolute Gasteiger partial charge is 0.330 e. The Hall–Kier alpha value is -2.14. The zero-order valence-electron chi connectivity index (χ0n) is 15.8. The average Bonchev–Trinajstić information content (AvgIpc) is 2.98. The quantitative estimate of drug-likeness (QED) is 0.516. The van der Waals surface area contributed by atoms with Crippen LogP contribution in [-0.4, -0.2) is 47.7 Å². The van der Waals surface area contributed by atoms with Crippen LogP contribution in [0, 0.1) is 0 Å². The molecule has 0 N–H and O–H groups in total. The number of hydrogen-bond acceptors (Lipinski definition) is 4. The first-order valence-corrected chi connectivity index (χ1v) is 9.02. The summed E-state index contributed by atoms with van der Waals surface area (Å²) in [6.45, 7) is 7.36. The Morgan fingerprint density at radius 1 is 1.36 bits per heavy atom. The van der Waals surface area contributed by atoms with Crippen molar-refractivity contribution in [1.29, 1.82) is 0 Å². The number of imidazole rings is 1. The van der Waals surface area contributed by atoms with Crippen LogP contribution in [0.1, 0.15) is 38.1 Å². The number of carbonyl (C=O) groups is 1. The van der Waals surface area contributed by atoms with E-state index in [4.69, 9.17) is 4.98 Å². The molecule has 0 aliphatic heterocycles. The van der Waals surface area contributed by atoms with E-state index in [1.54, 1.807) is 6.08 Å². The van der Waals surface area contributed by atoms with Crippen LogP contribution in [0.4, 0.5) is 0 Å². The third-order valence-corrected chi connectivity index (χ3v) is 4.46. The first kappa shape index (κ1) is 19.2. The predicted octanol–water partition coefficient (Wildman–Crippen LogP) is 3.52. The summed E-state index contributed by atoms with van der Waals surface area (Å²) < 4.78 is 6.98. The molecule has 2 aromatic rings. The summed E-state index contributed by atoms with van der Waals surface area (Å²) in [6, 6.07) is 6.15. The van der Waals surface area contributed by atoms with Crippen molar-refractivity contribution in [3.63, 3.8) is 0 Å². The molecule has 0 unspecified atom stereocenters. The van der Waals surface area contributed by atoms with Crippen LogP contribution in [-0.2, 0) is 22.5 Å². The van der Waals surface area contributed by atoms with Crippen LogP contribution in [0.15, 0.2) is 24.3 Å². The van der Waals surface area contributed by atoms with E-state index in [1.807, 2.05) is 12.1 Å². The van der Waals surface area contributed by atoms with Gasteiger partial charge in [-0.15, -0.1) is 0 Å². The summed E-state index contributed by atoms with van der Waals surface area (Å²) in [5, 5.41) is 0. The number of methoxy groups -OCH3 is 1. The number of ether oxygens (including phenoxy) is 1. The summed E-state index contributed by atoms with van der Waals surface area (Å²) in [7, 11) is 3.52. The van der Waals surface area contributed by atoms with Crippen LogP contribution < -0.4 is 0 Å². The summed E-state index contributed by atoms with van der Waals surface area (Å²) in [5.41, 5.74) is 3.10. The van der Waals surface area contributed by atoms with E-state index in [0.29, 0.717) is 0 Å². The molecule has 0 fully saturated rings. The Balaban J connectivity index is 2.32. The minimum atomic E-state index is -0.350. The standard InChI is InChI=1S/C20H29N3O2/c1-5-7-8-19-21-17-15-16(10-12-20(24)25-4)9-11-18(17)23(19)14-13-22(3)6-2/h9-12,15H,5-8,13-14H2,1-4H3/b12-10+. The number of hydrogen-bond donors (Lipinski definition) is 0. The number of carbonyl (C=O) groups excluding carboxylic acids is 1. The van der Waals surface area contributed by atoms with Crippen molar-refractivity contribution in [2.75, 3.05) is 27.2 Å². The average molecular weight is 343 g/mol. The molecule has 1 aromatic heterocycles. The van der Waals surface area contributed by atoms with E-state index in [-0.39, 0.29) is 5.97 Å². The molecule has 5 nitrogen and oxygen atoms in total. The summed E-state index contributed by atoms with van der Waals surface area (Å²) >= 11 is 0. The first-order chi connectivity index (χ1) is 12.1. The number of rotatable bonds is 9. The molecule has 0 aliphatic carbocycles. The van der Waals surface area contributed by atoms with Gasteiger partial charge in [-0.3, -0.25) is 0 Å². The largest absolute Gasteiger partial charge is 0.466 e. The van der Waals surface area contributed by atoms with E-state index < -0.39 is 0 Å². The van der Waals surface area contributed by atoms with Crippen molar-refractivity contribution < 1.29 is 9.53 Å². The summed E-state index contributed by atoms with van der Waals surface area (Å²) in [5.74, 6) is 0.798. The lowest BCUT2D eigenvalue weighted by molar-refractivity contribution is -0.134. The number of fused-ring (bicyclic) bond motifs is 1. The Morgan fingerprint density at radius 2 is 2.16 bits per heavy atom. The van der Waals surface area contributed by atoms with Gasteiger partial charge in [0.2, 0.25) is 0 Å². The molecule has 0 saturated heterocycles. The number of likely N-dealkylation sites (N-methyl/N-ethyl adjacent to an activating group) is 1. The van der Waals surface area contributed by atoms with Crippen LogP contribution in [0.3, 0.4) is 0 Å². The van der Waals surface area contributed by atoms with Crippen LogP contribution in [0.25, 0.3) is 17.1 Å². The van der Waals surface area contributed by atoms with Crippen molar-refractivity contribution >= 4 is 23.1 Å². The van der Waals surface area contributed by atoms with E-state index in [2.05, 4.69) is 41.2 Å². The van der Waals surface area contributed by atoms with Gasteiger partial charge in [0.25, 0.3) is 0 Å². The van der Waals surface area contributed by atoms with Crippen LogP contribution in [0.5, 0.6) is 0 Å². The molecule has 1 aromatic carbocycles. The lowest BCUT2D eigenvalue weighted by atomic mass is 10.2. The number of aromatic nitrogens is 2.